The Kier molecular flexibility index (Phi) is 2.94. The maximum atomic E-state index is 4.70. The molecule has 1 aliphatic heterocycles. The normalized spacial score (nSPS) is 15.0. The van der Waals surface area contributed by atoms with Gasteiger partial charge >= 0.3 is 0 Å². The first-order valence-electron chi connectivity index (χ1n) is 6.42. The Labute approximate surface area is 112 Å². The van der Waals surface area contributed by atoms with Crippen LogP contribution < -0.4 is 0 Å². The third-order valence-electron chi connectivity index (χ3n) is 3.53. The van der Waals surface area contributed by atoms with Gasteiger partial charge in [0.1, 0.15) is 0 Å². The van der Waals surface area contributed by atoms with Gasteiger partial charge in [0, 0.05) is 22.3 Å². The summed E-state index contributed by atoms with van der Waals surface area (Å²) in [7, 11) is 0. The van der Waals surface area contributed by atoms with Crippen LogP contribution in [0.2, 0.25) is 0 Å². The zero-order chi connectivity index (χ0) is 12.7. The lowest BCUT2D eigenvalue weighted by Gasteiger charge is -2.19. The highest BCUT2D eigenvalue weighted by molar-refractivity contribution is 7.98. The Morgan fingerprint density at radius 2 is 2.11 bits per heavy atom. The number of fused-ring (bicyclic) bond motifs is 3. The number of hydrogen-bond donors (Lipinski definition) is 0. The van der Waals surface area contributed by atoms with E-state index in [1.165, 1.54) is 27.2 Å². The summed E-state index contributed by atoms with van der Waals surface area (Å²) < 4.78 is 2.43. The molecule has 0 bridgehead atoms. The van der Waals surface area contributed by atoms with Crippen molar-refractivity contribution in [2.45, 2.75) is 25.3 Å². The Morgan fingerprint density at radius 3 is 2.83 bits per heavy atom. The minimum absolute atomic E-state index is 0.494. The fraction of sp³-hybridized carbons (Fsp3) is 0.400. The molecule has 2 aromatic rings. The molecule has 3 rings (SSSR count). The lowest BCUT2D eigenvalue weighted by Crippen LogP contribution is -2.21. The summed E-state index contributed by atoms with van der Waals surface area (Å²) in [5.74, 6) is 0.494. The first-order valence-corrected chi connectivity index (χ1v) is 7.65. The summed E-state index contributed by atoms with van der Waals surface area (Å²) in [5.41, 5.74) is 3.91. The third kappa shape index (κ3) is 1.77. The topological polar surface area (TPSA) is 17.3 Å². The molecule has 18 heavy (non-hydrogen) atoms. The predicted octanol–water partition coefficient (Wildman–Crippen LogP) is 3.82. The summed E-state index contributed by atoms with van der Waals surface area (Å²) in [6.45, 7) is 6.36. The highest BCUT2D eigenvalue weighted by Gasteiger charge is 2.19. The summed E-state index contributed by atoms with van der Waals surface area (Å²) in [6.07, 6.45) is 2.13. The molecule has 0 atom stereocenters. The molecule has 0 fully saturated rings. The standard InChI is InChI=1S/C15H18N2S/c1-10(2)15-14-8-11-4-5-12(18-3)9-13(11)17(14)7-6-16-15/h4-5,8-10H,6-7H2,1-3H3. The predicted molar refractivity (Wildman–Crippen MR) is 80.0 cm³/mol. The second-order valence-corrected chi connectivity index (χ2v) is 5.91. The Balaban J connectivity index is 2.23. The number of benzene rings is 1. The molecule has 0 spiro atoms. The molecule has 1 aromatic carbocycles. The largest absolute Gasteiger partial charge is 0.338 e. The summed E-state index contributed by atoms with van der Waals surface area (Å²) in [4.78, 5) is 6.03. The lowest BCUT2D eigenvalue weighted by atomic mass is 10.0. The van der Waals surface area contributed by atoms with E-state index in [2.05, 4.69) is 48.9 Å². The second kappa shape index (κ2) is 4.47. The van der Waals surface area contributed by atoms with Crippen LogP contribution in [0.4, 0.5) is 0 Å². The molecule has 0 aliphatic carbocycles. The average Bonchev–Trinajstić information content (AvgIpc) is 2.75. The molecule has 1 aliphatic rings. The molecule has 3 heteroatoms. The van der Waals surface area contributed by atoms with Crippen molar-refractivity contribution in [2.24, 2.45) is 10.9 Å². The quantitative estimate of drug-likeness (QED) is 0.748. The van der Waals surface area contributed by atoms with E-state index in [-0.39, 0.29) is 0 Å². The molecule has 0 radical (unpaired) electrons. The van der Waals surface area contributed by atoms with E-state index >= 15 is 0 Å². The van der Waals surface area contributed by atoms with E-state index in [9.17, 15) is 0 Å². The van der Waals surface area contributed by atoms with Gasteiger partial charge in [-0.2, -0.15) is 0 Å². The fourth-order valence-electron chi connectivity index (χ4n) is 2.64. The number of aromatic nitrogens is 1. The van der Waals surface area contributed by atoms with E-state index in [0.29, 0.717) is 5.92 Å². The molecular weight excluding hydrogens is 240 g/mol. The maximum absolute atomic E-state index is 4.70. The van der Waals surface area contributed by atoms with Crippen molar-refractivity contribution in [2.75, 3.05) is 12.8 Å². The first kappa shape index (κ1) is 11.8. The van der Waals surface area contributed by atoms with Gasteiger partial charge in [0.05, 0.1) is 18.0 Å². The van der Waals surface area contributed by atoms with Gasteiger partial charge in [-0.3, -0.25) is 4.99 Å². The average molecular weight is 258 g/mol. The van der Waals surface area contributed by atoms with Crippen molar-refractivity contribution in [3.8, 4) is 0 Å². The van der Waals surface area contributed by atoms with Crippen molar-refractivity contribution >= 4 is 28.4 Å². The van der Waals surface area contributed by atoms with Crippen molar-refractivity contribution in [1.82, 2.24) is 4.57 Å². The van der Waals surface area contributed by atoms with Crippen LogP contribution >= 0.6 is 11.8 Å². The minimum atomic E-state index is 0.494. The van der Waals surface area contributed by atoms with Crippen LogP contribution in [0.1, 0.15) is 19.5 Å². The molecule has 0 saturated carbocycles. The van der Waals surface area contributed by atoms with E-state index in [1.807, 2.05) is 0 Å². The second-order valence-electron chi connectivity index (χ2n) is 5.03. The number of nitrogens with zero attached hydrogens (tertiary/aromatic N) is 2. The summed E-state index contributed by atoms with van der Waals surface area (Å²) in [5, 5.41) is 1.33. The van der Waals surface area contributed by atoms with E-state index in [4.69, 9.17) is 4.99 Å². The van der Waals surface area contributed by atoms with Crippen molar-refractivity contribution in [3.05, 3.63) is 30.0 Å². The van der Waals surface area contributed by atoms with Gasteiger partial charge in [-0.05, 0) is 30.4 Å². The number of rotatable bonds is 2. The van der Waals surface area contributed by atoms with E-state index in [0.717, 1.165) is 13.1 Å². The van der Waals surface area contributed by atoms with Crippen molar-refractivity contribution in [1.29, 1.82) is 0 Å². The maximum Gasteiger partial charge on any atom is 0.0635 e. The summed E-state index contributed by atoms with van der Waals surface area (Å²) >= 11 is 1.80. The monoisotopic (exact) mass is 258 g/mol. The Morgan fingerprint density at radius 1 is 1.28 bits per heavy atom. The fourth-order valence-corrected chi connectivity index (χ4v) is 3.08. The van der Waals surface area contributed by atoms with Crippen LogP contribution in [-0.2, 0) is 6.54 Å². The van der Waals surface area contributed by atoms with E-state index in [1.54, 1.807) is 11.8 Å². The minimum Gasteiger partial charge on any atom is -0.338 e. The van der Waals surface area contributed by atoms with E-state index < -0.39 is 0 Å². The SMILES string of the molecule is CSc1ccc2cc3n(c2c1)CCN=C3C(C)C. The third-order valence-corrected chi connectivity index (χ3v) is 4.25. The Hall–Kier alpha value is -1.22. The molecule has 0 unspecified atom stereocenters. The first-order chi connectivity index (χ1) is 8.70. The van der Waals surface area contributed by atoms with Crippen LogP contribution in [-0.4, -0.2) is 23.1 Å². The van der Waals surface area contributed by atoms with Gasteiger partial charge < -0.3 is 4.57 Å². The highest BCUT2D eigenvalue weighted by atomic mass is 32.2. The van der Waals surface area contributed by atoms with Gasteiger partial charge in [0.2, 0.25) is 0 Å². The van der Waals surface area contributed by atoms with Crippen molar-refractivity contribution < 1.29 is 0 Å². The highest BCUT2D eigenvalue weighted by Crippen LogP contribution is 2.28. The van der Waals surface area contributed by atoms with Gasteiger partial charge in [-0.25, -0.2) is 0 Å². The molecular formula is C15H18N2S. The summed E-state index contributed by atoms with van der Waals surface area (Å²) in [6, 6.07) is 9.01. The van der Waals surface area contributed by atoms with Crippen LogP contribution in [0, 0.1) is 5.92 Å². The molecule has 0 N–H and O–H groups in total. The van der Waals surface area contributed by atoms with Crippen LogP contribution in [0.25, 0.3) is 10.9 Å². The number of hydrogen-bond acceptors (Lipinski definition) is 2. The zero-order valence-electron chi connectivity index (χ0n) is 11.1. The molecule has 2 nitrogen and oxygen atoms in total. The van der Waals surface area contributed by atoms with Gasteiger partial charge in [0.15, 0.2) is 0 Å². The molecule has 94 valence electrons. The number of thioether (sulfide) groups is 1. The Bertz CT molecular complexity index is 623. The van der Waals surface area contributed by atoms with Crippen molar-refractivity contribution in [3.63, 3.8) is 0 Å². The smallest absolute Gasteiger partial charge is 0.0635 e. The van der Waals surface area contributed by atoms with Crippen LogP contribution in [0.5, 0.6) is 0 Å². The molecule has 0 saturated heterocycles. The van der Waals surface area contributed by atoms with Gasteiger partial charge in [0.25, 0.3) is 0 Å². The van der Waals surface area contributed by atoms with Crippen LogP contribution in [0.3, 0.4) is 0 Å². The van der Waals surface area contributed by atoms with Crippen LogP contribution in [0.15, 0.2) is 34.2 Å². The molecule has 0 amide bonds. The molecule has 1 aromatic heterocycles. The van der Waals surface area contributed by atoms with Gasteiger partial charge in [-0.1, -0.05) is 19.9 Å². The lowest BCUT2D eigenvalue weighted by molar-refractivity contribution is 0.690. The zero-order valence-corrected chi connectivity index (χ0v) is 11.9. The number of aliphatic imine (C=N–C) groups is 1. The van der Waals surface area contributed by atoms with Gasteiger partial charge in [-0.15, -0.1) is 11.8 Å². The molecule has 2 heterocycles.